The molecule has 2 nitrogen and oxygen atoms in total. The lowest BCUT2D eigenvalue weighted by atomic mass is 10.2. The summed E-state index contributed by atoms with van der Waals surface area (Å²) in [5, 5.41) is 0.373. The SMILES string of the molecule is Cc1cccc(Oc2cccc(Cl)c2C(N)=S)c1F. The van der Waals surface area contributed by atoms with Crippen LogP contribution in [0.1, 0.15) is 11.1 Å². The average Bonchev–Trinajstić information content (AvgIpc) is 2.34. The van der Waals surface area contributed by atoms with E-state index in [0.717, 1.165) is 0 Å². The Morgan fingerprint density at radius 2 is 1.84 bits per heavy atom. The second-order valence-electron chi connectivity index (χ2n) is 3.97. The normalized spacial score (nSPS) is 10.3. The molecule has 0 unspecified atom stereocenters. The minimum Gasteiger partial charge on any atom is -0.453 e. The fraction of sp³-hybridized carbons (Fsp3) is 0.0714. The van der Waals surface area contributed by atoms with Gasteiger partial charge in [-0.05, 0) is 30.7 Å². The van der Waals surface area contributed by atoms with Gasteiger partial charge < -0.3 is 10.5 Å². The predicted octanol–water partition coefficient (Wildman–Crippen LogP) is 4.21. The number of hydrogen-bond donors (Lipinski definition) is 1. The monoisotopic (exact) mass is 295 g/mol. The smallest absolute Gasteiger partial charge is 0.168 e. The van der Waals surface area contributed by atoms with Gasteiger partial charge >= 0.3 is 0 Å². The zero-order valence-electron chi connectivity index (χ0n) is 10.1. The molecule has 0 aromatic heterocycles. The summed E-state index contributed by atoms with van der Waals surface area (Å²) in [6, 6.07) is 9.88. The number of thiocarbonyl (C=S) groups is 1. The van der Waals surface area contributed by atoms with Crippen LogP contribution in [0.3, 0.4) is 0 Å². The highest BCUT2D eigenvalue weighted by Gasteiger charge is 2.14. The lowest BCUT2D eigenvalue weighted by Crippen LogP contribution is -2.11. The highest BCUT2D eigenvalue weighted by Crippen LogP contribution is 2.32. The van der Waals surface area contributed by atoms with Crippen molar-refractivity contribution in [1.82, 2.24) is 0 Å². The van der Waals surface area contributed by atoms with Crippen molar-refractivity contribution in [2.45, 2.75) is 6.92 Å². The van der Waals surface area contributed by atoms with E-state index in [2.05, 4.69) is 0 Å². The zero-order valence-corrected chi connectivity index (χ0v) is 11.7. The summed E-state index contributed by atoms with van der Waals surface area (Å²) >= 11 is 11.0. The molecule has 0 saturated heterocycles. The summed E-state index contributed by atoms with van der Waals surface area (Å²) in [6.45, 7) is 1.66. The van der Waals surface area contributed by atoms with Crippen LogP contribution in [0.4, 0.5) is 4.39 Å². The Hall–Kier alpha value is -1.65. The molecule has 0 atom stereocenters. The topological polar surface area (TPSA) is 35.2 Å². The van der Waals surface area contributed by atoms with Gasteiger partial charge in [0.1, 0.15) is 10.7 Å². The van der Waals surface area contributed by atoms with E-state index in [4.69, 9.17) is 34.3 Å². The van der Waals surface area contributed by atoms with Crippen LogP contribution in [0, 0.1) is 12.7 Å². The van der Waals surface area contributed by atoms with Gasteiger partial charge in [-0.3, -0.25) is 0 Å². The number of benzene rings is 2. The number of nitrogens with two attached hydrogens (primary N) is 1. The molecule has 0 aliphatic heterocycles. The third-order valence-electron chi connectivity index (χ3n) is 2.60. The fourth-order valence-corrected chi connectivity index (χ4v) is 2.18. The van der Waals surface area contributed by atoms with E-state index in [1.807, 2.05) is 0 Å². The Morgan fingerprint density at radius 3 is 2.53 bits per heavy atom. The van der Waals surface area contributed by atoms with Crippen molar-refractivity contribution in [1.29, 1.82) is 0 Å². The maximum absolute atomic E-state index is 13.9. The van der Waals surface area contributed by atoms with Crippen molar-refractivity contribution in [2.75, 3.05) is 0 Å². The van der Waals surface area contributed by atoms with Gasteiger partial charge in [0, 0.05) is 0 Å². The Bertz CT molecular complexity index is 645. The second-order valence-corrected chi connectivity index (χ2v) is 4.81. The molecule has 0 aliphatic carbocycles. The molecule has 98 valence electrons. The molecule has 0 radical (unpaired) electrons. The Labute approximate surface area is 120 Å². The third-order valence-corrected chi connectivity index (χ3v) is 3.12. The summed E-state index contributed by atoms with van der Waals surface area (Å²) < 4.78 is 19.4. The van der Waals surface area contributed by atoms with Gasteiger partial charge in [-0.2, -0.15) is 0 Å². The van der Waals surface area contributed by atoms with Crippen molar-refractivity contribution in [3.05, 3.63) is 58.4 Å². The second kappa shape index (κ2) is 5.55. The fourth-order valence-electron chi connectivity index (χ4n) is 1.65. The molecule has 5 heteroatoms. The van der Waals surface area contributed by atoms with Crippen molar-refractivity contribution < 1.29 is 9.13 Å². The summed E-state index contributed by atoms with van der Waals surface area (Å²) in [4.78, 5) is 0.105. The van der Waals surface area contributed by atoms with Crippen LogP contribution in [0.15, 0.2) is 36.4 Å². The summed E-state index contributed by atoms with van der Waals surface area (Å²) in [6.07, 6.45) is 0. The Morgan fingerprint density at radius 1 is 1.21 bits per heavy atom. The molecule has 0 spiro atoms. The lowest BCUT2D eigenvalue weighted by molar-refractivity contribution is 0.439. The highest BCUT2D eigenvalue weighted by atomic mass is 35.5. The van der Waals surface area contributed by atoms with Crippen LogP contribution < -0.4 is 10.5 Å². The molecule has 19 heavy (non-hydrogen) atoms. The van der Waals surface area contributed by atoms with Gasteiger partial charge in [0.25, 0.3) is 0 Å². The van der Waals surface area contributed by atoms with Crippen LogP contribution >= 0.6 is 23.8 Å². The van der Waals surface area contributed by atoms with Crippen LogP contribution in [0.25, 0.3) is 0 Å². The molecule has 2 N–H and O–H groups in total. The van der Waals surface area contributed by atoms with Crippen LogP contribution in [-0.4, -0.2) is 4.99 Å². The number of aryl methyl sites for hydroxylation is 1. The maximum atomic E-state index is 13.9. The first-order valence-electron chi connectivity index (χ1n) is 5.52. The van der Waals surface area contributed by atoms with E-state index in [0.29, 0.717) is 21.9 Å². The van der Waals surface area contributed by atoms with Crippen molar-refractivity contribution in [3.8, 4) is 11.5 Å². The van der Waals surface area contributed by atoms with E-state index in [1.165, 1.54) is 6.07 Å². The first kappa shape index (κ1) is 13.8. The third kappa shape index (κ3) is 2.85. The summed E-state index contributed by atoms with van der Waals surface area (Å²) in [7, 11) is 0. The van der Waals surface area contributed by atoms with Gasteiger partial charge in [0.05, 0.1) is 10.6 Å². The van der Waals surface area contributed by atoms with Gasteiger partial charge in [-0.15, -0.1) is 0 Å². The van der Waals surface area contributed by atoms with Crippen LogP contribution in [-0.2, 0) is 0 Å². The maximum Gasteiger partial charge on any atom is 0.168 e. The van der Waals surface area contributed by atoms with E-state index in [1.54, 1.807) is 37.3 Å². The number of rotatable bonds is 3. The quantitative estimate of drug-likeness (QED) is 0.861. The predicted molar refractivity (Wildman–Crippen MR) is 78.6 cm³/mol. The number of ether oxygens (including phenoxy) is 1. The summed E-state index contributed by atoms with van der Waals surface area (Å²) in [5.74, 6) is 0.0284. The van der Waals surface area contributed by atoms with E-state index < -0.39 is 5.82 Å². The average molecular weight is 296 g/mol. The lowest BCUT2D eigenvalue weighted by Gasteiger charge is -2.12. The molecule has 2 rings (SSSR count). The van der Waals surface area contributed by atoms with Gasteiger partial charge in [-0.25, -0.2) is 4.39 Å². The Kier molecular flexibility index (Phi) is 4.02. The standard InChI is InChI=1S/C14H11ClFNOS/c1-8-4-2-7-11(13(8)16)18-10-6-3-5-9(15)12(10)14(17)19/h2-7H,1H3,(H2,17,19). The van der Waals surface area contributed by atoms with Crippen LogP contribution in [0.2, 0.25) is 5.02 Å². The minimum absolute atomic E-state index is 0.105. The minimum atomic E-state index is -0.420. The number of halogens is 2. The molecule has 0 heterocycles. The van der Waals surface area contributed by atoms with E-state index in [9.17, 15) is 4.39 Å². The van der Waals surface area contributed by atoms with Crippen molar-refractivity contribution in [2.24, 2.45) is 5.73 Å². The number of hydrogen-bond acceptors (Lipinski definition) is 2. The molecule has 0 amide bonds. The first-order chi connectivity index (χ1) is 9.00. The van der Waals surface area contributed by atoms with Crippen molar-refractivity contribution >= 4 is 28.8 Å². The largest absolute Gasteiger partial charge is 0.453 e. The summed E-state index contributed by atoms with van der Waals surface area (Å²) in [5.41, 5.74) is 6.51. The van der Waals surface area contributed by atoms with Crippen molar-refractivity contribution in [3.63, 3.8) is 0 Å². The van der Waals surface area contributed by atoms with Gasteiger partial charge in [0.2, 0.25) is 0 Å². The Balaban J connectivity index is 2.47. The highest BCUT2D eigenvalue weighted by molar-refractivity contribution is 7.80. The zero-order chi connectivity index (χ0) is 14.0. The molecule has 0 aliphatic rings. The molecular weight excluding hydrogens is 285 g/mol. The van der Waals surface area contributed by atoms with E-state index >= 15 is 0 Å². The molecular formula is C14H11ClFNOS. The van der Waals surface area contributed by atoms with Gasteiger partial charge in [-0.1, -0.05) is 42.0 Å². The molecule has 2 aromatic rings. The van der Waals surface area contributed by atoms with Crippen LogP contribution in [0.5, 0.6) is 11.5 Å². The first-order valence-corrected chi connectivity index (χ1v) is 6.30. The molecule has 0 fully saturated rings. The van der Waals surface area contributed by atoms with Gasteiger partial charge in [0.15, 0.2) is 11.6 Å². The molecule has 0 bridgehead atoms. The molecule has 2 aromatic carbocycles. The molecule has 0 saturated carbocycles. The van der Waals surface area contributed by atoms with E-state index in [-0.39, 0.29) is 10.7 Å².